The fourth-order valence-corrected chi connectivity index (χ4v) is 1.02. The molecule has 1 saturated carbocycles. The lowest BCUT2D eigenvalue weighted by atomic mass is 10.0. The van der Waals surface area contributed by atoms with Gasteiger partial charge in [0.05, 0.1) is 0 Å². The van der Waals surface area contributed by atoms with Crippen LogP contribution in [0.2, 0.25) is 0 Å². The number of aliphatic carboxylic acids is 1. The predicted octanol–water partition coefficient (Wildman–Crippen LogP) is 0.718. The lowest BCUT2D eigenvalue weighted by Gasteiger charge is -2.31. The van der Waals surface area contributed by atoms with E-state index in [2.05, 4.69) is 0 Å². The van der Waals surface area contributed by atoms with Crippen molar-refractivity contribution in [3.8, 4) is 0 Å². The first-order valence-corrected chi connectivity index (χ1v) is 4.38. The third kappa shape index (κ3) is 1.82. The Labute approximate surface area is 77.5 Å². The Morgan fingerprint density at radius 3 is 2.15 bits per heavy atom. The van der Waals surface area contributed by atoms with Crippen LogP contribution in [0.5, 0.6) is 0 Å². The molecule has 0 spiro atoms. The van der Waals surface area contributed by atoms with Crippen LogP contribution in [0.25, 0.3) is 0 Å². The van der Waals surface area contributed by atoms with Crippen molar-refractivity contribution in [3.63, 3.8) is 0 Å². The number of amides is 1. The van der Waals surface area contributed by atoms with E-state index in [0.29, 0.717) is 0 Å². The summed E-state index contributed by atoms with van der Waals surface area (Å²) in [6.45, 7) is 3.07. The van der Waals surface area contributed by atoms with E-state index in [1.54, 1.807) is 7.05 Å². The highest BCUT2D eigenvalue weighted by molar-refractivity contribution is 5.88. The van der Waals surface area contributed by atoms with Gasteiger partial charge in [-0.3, -0.25) is 4.79 Å². The Bertz CT molecular complexity index is 243. The lowest BCUT2D eigenvalue weighted by molar-refractivity contribution is -0.155. The fraction of sp³-hybridized carbons (Fsp3) is 0.778. The van der Waals surface area contributed by atoms with Gasteiger partial charge in [0.1, 0.15) is 5.54 Å². The molecular formula is C9H15NO3. The Balaban J connectivity index is 2.69. The number of nitrogens with zero attached hydrogens (tertiary/aromatic N) is 1. The maximum absolute atomic E-state index is 11.5. The van der Waals surface area contributed by atoms with E-state index in [9.17, 15) is 9.59 Å². The van der Waals surface area contributed by atoms with Gasteiger partial charge < -0.3 is 10.0 Å². The van der Waals surface area contributed by atoms with E-state index in [1.165, 1.54) is 18.7 Å². The van der Waals surface area contributed by atoms with Crippen LogP contribution in [0.1, 0.15) is 26.7 Å². The number of carboxylic acids is 1. The first-order valence-electron chi connectivity index (χ1n) is 4.38. The third-order valence-corrected chi connectivity index (χ3v) is 2.62. The van der Waals surface area contributed by atoms with Crippen molar-refractivity contribution in [2.75, 3.05) is 7.05 Å². The van der Waals surface area contributed by atoms with Crippen molar-refractivity contribution >= 4 is 11.9 Å². The standard InChI is InChI=1S/C9H15NO3/c1-9(2,8(12)13)10(3)7(11)6-4-5-6/h6H,4-5H2,1-3H3,(H,12,13). The molecule has 0 bridgehead atoms. The van der Waals surface area contributed by atoms with Gasteiger partial charge in [-0.15, -0.1) is 0 Å². The molecule has 0 atom stereocenters. The third-order valence-electron chi connectivity index (χ3n) is 2.62. The largest absolute Gasteiger partial charge is 0.480 e. The lowest BCUT2D eigenvalue weighted by Crippen LogP contribution is -2.51. The van der Waals surface area contributed by atoms with Crippen LogP contribution in [-0.4, -0.2) is 34.5 Å². The molecule has 0 unspecified atom stereocenters. The second kappa shape index (κ2) is 3.01. The number of rotatable bonds is 3. The van der Waals surface area contributed by atoms with Gasteiger partial charge in [0.15, 0.2) is 0 Å². The minimum Gasteiger partial charge on any atom is -0.480 e. The number of hydrogen-bond donors (Lipinski definition) is 1. The van der Waals surface area contributed by atoms with Crippen LogP contribution in [0, 0.1) is 5.92 Å². The Kier molecular flexibility index (Phi) is 2.32. The molecule has 1 aliphatic rings. The maximum Gasteiger partial charge on any atom is 0.329 e. The molecule has 0 aromatic heterocycles. The van der Waals surface area contributed by atoms with Crippen molar-refractivity contribution in [3.05, 3.63) is 0 Å². The smallest absolute Gasteiger partial charge is 0.329 e. The van der Waals surface area contributed by atoms with Crippen LogP contribution in [-0.2, 0) is 9.59 Å². The first kappa shape index (κ1) is 10.0. The molecule has 0 radical (unpaired) electrons. The van der Waals surface area contributed by atoms with E-state index < -0.39 is 11.5 Å². The summed E-state index contributed by atoms with van der Waals surface area (Å²) in [7, 11) is 1.55. The van der Waals surface area contributed by atoms with Crippen LogP contribution in [0.15, 0.2) is 0 Å². The quantitative estimate of drug-likeness (QED) is 0.704. The van der Waals surface area contributed by atoms with Crippen molar-refractivity contribution in [2.24, 2.45) is 5.92 Å². The number of likely N-dealkylation sites (N-methyl/N-ethyl adjacent to an activating group) is 1. The molecular weight excluding hydrogens is 170 g/mol. The number of hydrogen-bond acceptors (Lipinski definition) is 2. The zero-order valence-corrected chi connectivity index (χ0v) is 8.20. The highest BCUT2D eigenvalue weighted by Crippen LogP contribution is 2.32. The van der Waals surface area contributed by atoms with Crippen molar-refractivity contribution in [1.29, 1.82) is 0 Å². The van der Waals surface area contributed by atoms with Crippen LogP contribution in [0.4, 0.5) is 0 Å². The molecule has 74 valence electrons. The van der Waals surface area contributed by atoms with E-state index >= 15 is 0 Å². The molecule has 0 aliphatic heterocycles. The molecule has 4 nitrogen and oxygen atoms in total. The summed E-state index contributed by atoms with van der Waals surface area (Å²) in [4.78, 5) is 23.7. The van der Waals surface area contributed by atoms with E-state index in [0.717, 1.165) is 12.8 Å². The molecule has 13 heavy (non-hydrogen) atoms. The number of carboxylic acid groups (broad SMARTS) is 1. The van der Waals surface area contributed by atoms with E-state index in [-0.39, 0.29) is 11.8 Å². The fourth-order valence-electron chi connectivity index (χ4n) is 1.02. The van der Waals surface area contributed by atoms with Crippen molar-refractivity contribution in [1.82, 2.24) is 4.90 Å². The van der Waals surface area contributed by atoms with Crippen LogP contribution in [0.3, 0.4) is 0 Å². The Morgan fingerprint density at radius 2 is 1.85 bits per heavy atom. The summed E-state index contributed by atoms with van der Waals surface area (Å²) in [6.07, 6.45) is 1.80. The van der Waals surface area contributed by atoms with Gasteiger partial charge in [-0.25, -0.2) is 4.79 Å². The van der Waals surface area contributed by atoms with Gasteiger partial charge in [0, 0.05) is 13.0 Å². The summed E-state index contributed by atoms with van der Waals surface area (Å²) < 4.78 is 0. The molecule has 0 heterocycles. The summed E-state index contributed by atoms with van der Waals surface area (Å²) in [6, 6.07) is 0. The SMILES string of the molecule is CN(C(=O)C1CC1)C(C)(C)C(=O)O. The van der Waals surface area contributed by atoms with Gasteiger partial charge in [-0.2, -0.15) is 0 Å². The maximum atomic E-state index is 11.5. The average molecular weight is 185 g/mol. The molecule has 1 rings (SSSR count). The second-order valence-corrected chi connectivity index (χ2v) is 4.04. The zero-order valence-electron chi connectivity index (χ0n) is 8.20. The Hall–Kier alpha value is -1.06. The Morgan fingerprint density at radius 1 is 1.38 bits per heavy atom. The summed E-state index contributed by atoms with van der Waals surface area (Å²) >= 11 is 0. The molecule has 1 amide bonds. The highest BCUT2D eigenvalue weighted by Gasteiger charge is 2.41. The molecule has 1 N–H and O–H groups in total. The number of carbonyl (C=O) groups excluding carboxylic acids is 1. The van der Waals surface area contributed by atoms with Crippen molar-refractivity contribution in [2.45, 2.75) is 32.2 Å². The zero-order chi connectivity index (χ0) is 10.2. The molecule has 0 aromatic carbocycles. The topological polar surface area (TPSA) is 57.6 Å². The minimum absolute atomic E-state index is 0.0487. The van der Waals surface area contributed by atoms with Gasteiger partial charge in [0.25, 0.3) is 0 Å². The molecule has 4 heteroatoms. The van der Waals surface area contributed by atoms with Gasteiger partial charge in [-0.1, -0.05) is 0 Å². The predicted molar refractivity (Wildman–Crippen MR) is 47.2 cm³/mol. The van der Waals surface area contributed by atoms with Crippen molar-refractivity contribution < 1.29 is 14.7 Å². The molecule has 1 fully saturated rings. The van der Waals surface area contributed by atoms with Crippen LogP contribution >= 0.6 is 0 Å². The summed E-state index contributed by atoms with van der Waals surface area (Å²) in [5, 5.41) is 8.87. The average Bonchev–Trinajstić information content (AvgIpc) is 2.83. The first-order chi connectivity index (χ1) is 5.87. The second-order valence-electron chi connectivity index (χ2n) is 4.04. The molecule has 1 aliphatic carbocycles. The normalized spacial score (nSPS) is 16.8. The number of carbonyl (C=O) groups is 2. The summed E-state index contributed by atoms with van der Waals surface area (Å²) in [5.41, 5.74) is -1.10. The highest BCUT2D eigenvalue weighted by atomic mass is 16.4. The van der Waals surface area contributed by atoms with Gasteiger partial charge >= 0.3 is 5.97 Å². The molecule has 0 saturated heterocycles. The minimum atomic E-state index is -1.10. The van der Waals surface area contributed by atoms with Crippen LogP contribution < -0.4 is 0 Å². The van der Waals surface area contributed by atoms with Gasteiger partial charge in [0.2, 0.25) is 5.91 Å². The summed E-state index contributed by atoms with van der Waals surface area (Å²) in [5.74, 6) is -0.944. The molecule has 0 aromatic rings. The van der Waals surface area contributed by atoms with E-state index in [1.807, 2.05) is 0 Å². The monoisotopic (exact) mass is 185 g/mol. The van der Waals surface area contributed by atoms with E-state index in [4.69, 9.17) is 5.11 Å². The van der Waals surface area contributed by atoms with Gasteiger partial charge in [-0.05, 0) is 26.7 Å².